The number of methoxy groups -OCH3 is 1. The Hall–Kier alpha value is -1.59. The van der Waals surface area contributed by atoms with Crippen molar-refractivity contribution in [2.24, 2.45) is 0 Å². The van der Waals surface area contributed by atoms with Crippen LogP contribution in [0.2, 0.25) is 0 Å². The summed E-state index contributed by atoms with van der Waals surface area (Å²) in [5, 5.41) is 28.5. The van der Waals surface area contributed by atoms with E-state index in [1.807, 2.05) is 0 Å². The highest BCUT2D eigenvalue weighted by atomic mass is 16.5. The molecule has 0 fully saturated rings. The number of hydrogen-bond acceptors (Lipinski definition) is 4. The lowest BCUT2D eigenvalue weighted by molar-refractivity contribution is -0.165. The largest absolute Gasteiger partial charge is 0.497 e. The number of ether oxygens (including phenoxy) is 1. The van der Waals surface area contributed by atoms with E-state index in [4.69, 9.17) is 9.84 Å². The maximum Gasteiger partial charge on any atom is 0.335 e. The van der Waals surface area contributed by atoms with Crippen molar-refractivity contribution in [3.05, 3.63) is 29.8 Å². The topological polar surface area (TPSA) is 87.0 Å². The molecule has 3 N–H and O–H groups in total. The SMILES string of the molecule is CC[C@](O)(c1ccc(OC)cc1)[C@@H](O)C(=O)O. The van der Waals surface area contributed by atoms with Gasteiger partial charge in [-0.1, -0.05) is 19.1 Å². The van der Waals surface area contributed by atoms with Gasteiger partial charge in [-0.15, -0.1) is 0 Å². The molecule has 17 heavy (non-hydrogen) atoms. The van der Waals surface area contributed by atoms with Crippen LogP contribution in [0.4, 0.5) is 0 Å². The van der Waals surface area contributed by atoms with Crippen molar-refractivity contribution in [3.8, 4) is 5.75 Å². The lowest BCUT2D eigenvalue weighted by atomic mass is 9.85. The molecule has 0 heterocycles. The summed E-state index contributed by atoms with van der Waals surface area (Å²) < 4.78 is 4.96. The molecule has 0 bridgehead atoms. The quantitative estimate of drug-likeness (QED) is 0.706. The van der Waals surface area contributed by atoms with Crippen LogP contribution >= 0.6 is 0 Å². The van der Waals surface area contributed by atoms with E-state index in [1.165, 1.54) is 19.2 Å². The first-order chi connectivity index (χ1) is 7.95. The van der Waals surface area contributed by atoms with E-state index in [2.05, 4.69) is 0 Å². The summed E-state index contributed by atoms with van der Waals surface area (Å²) in [6.45, 7) is 1.61. The molecule has 2 atom stereocenters. The molecule has 0 saturated heterocycles. The van der Waals surface area contributed by atoms with Gasteiger partial charge < -0.3 is 20.1 Å². The minimum absolute atomic E-state index is 0.0901. The fourth-order valence-electron chi connectivity index (χ4n) is 1.64. The van der Waals surface area contributed by atoms with Crippen LogP contribution in [0, 0.1) is 0 Å². The molecule has 5 nitrogen and oxygen atoms in total. The van der Waals surface area contributed by atoms with Crippen molar-refractivity contribution in [2.45, 2.75) is 25.0 Å². The number of rotatable bonds is 5. The van der Waals surface area contributed by atoms with Crippen LogP contribution in [0.15, 0.2) is 24.3 Å². The van der Waals surface area contributed by atoms with Gasteiger partial charge in [0.2, 0.25) is 0 Å². The van der Waals surface area contributed by atoms with E-state index >= 15 is 0 Å². The van der Waals surface area contributed by atoms with E-state index in [9.17, 15) is 15.0 Å². The van der Waals surface area contributed by atoms with Gasteiger partial charge in [0.15, 0.2) is 6.10 Å². The summed E-state index contributed by atoms with van der Waals surface area (Å²) >= 11 is 0. The third-order valence-corrected chi connectivity index (χ3v) is 2.82. The van der Waals surface area contributed by atoms with Crippen LogP contribution in [0.25, 0.3) is 0 Å². The van der Waals surface area contributed by atoms with Crippen LogP contribution in [-0.2, 0) is 10.4 Å². The molecular weight excluding hydrogens is 224 g/mol. The van der Waals surface area contributed by atoms with E-state index in [-0.39, 0.29) is 6.42 Å². The van der Waals surface area contributed by atoms with Crippen molar-refractivity contribution in [3.63, 3.8) is 0 Å². The Labute approximate surface area is 99.3 Å². The Morgan fingerprint density at radius 3 is 2.29 bits per heavy atom. The molecule has 1 aromatic carbocycles. The number of hydrogen-bond donors (Lipinski definition) is 3. The molecule has 0 aliphatic carbocycles. The highest BCUT2D eigenvalue weighted by Crippen LogP contribution is 2.30. The Balaban J connectivity index is 3.11. The second kappa shape index (κ2) is 5.16. The van der Waals surface area contributed by atoms with Gasteiger partial charge in [-0.2, -0.15) is 0 Å². The molecule has 0 radical (unpaired) electrons. The first-order valence-electron chi connectivity index (χ1n) is 5.23. The molecule has 1 aromatic rings. The smallest absolute Gasteiger partial charge is 0.335 e. The summed E-state index contributed by atoms with van der Waals surface area (Å²) in [5.74, 6) is -0.859. The first-order valence-corrected chi connectivity index (χ1v) is 5.23. The Kier molecular flexibility index (Phi) is 4.09. The van der Waals surface area contributed by atoms with Crippen molar-refractivity contribution in [1.29, 1.82) is 0 Å². The van der Waals surface area contributed by atoms with Crippen LogP contribution in [0.5, 0.6) is 5.75 Å². The standard InChI is InChI=1S/C12H16O5/c1-3-12(16,10(13)11(14)15)8-4-6-9(17-2)7-5-8/h4-7,10,13,16H,3H2,1-2H3,(H,14,15)/t10-,12-/m0/s1. The minimum Gasteiger partial charge on any atom is -0.497 e. The monoisotopic (exact) mass is 240 g/mol. The number of carboxylic acid groups (broad SMARTS) is 1. The molecular formula is C12H16O5. The first kappa shape index (κ1) is 13.5. The molecule has 0 aliphatic heterocycles. The number of benzene rings is 1. The summed E-state index contributed by atoms with van der Waals surface area (Å²) in [4.78, 5) is 10.8. The van der Waals surface area contributed by atoms with Gasteiger partial charge >= 0.3 is 5.97 Å². The van der Waals surface area contributed by atoms with Crippen molar-refractivity contribution >= 4 is 5.97 Å². The molecule has 0 spiro atoms. The third kappa shape index (κ3) is 2.57. The van der Waals surface area contributed by atoms with E-state index in [0.717, 1.165) is 0 Å². The number of aliphatic hydroxyl groups is 2. The lowest BCUT2D eigenvalue weighted by Crippen LogP contribution is -2.44. The van der Waals surface area contributed by atoms with Gasteiger partial charge in [0.25, 0.3) is 0 Å². The molecule has 0 unspecified atom stereocenters. The number of carbonyl (C=O) groups is 1. The van der Waals surface area contributed by atoms with Gasteiger partial charge in [-0.3, -0.25) is 0 Å². The molecule has 0 amide bonds. The molecule has 5 heteroatoms. The van der Waals surface area contributed by atoms with E-state index in [1.54, 1.807) is 19.1 Å². The summed E-state index contributed by atoms with van der Waals surface area (Å²) in [6.07, 6.45) is -1.77. The van der Waals surface area contributed by atoms with Crippen LogP contribution < -0.4 is 4.74 Å². The molecule has 0 aliphatic rings. The van der Waals surface area contributed by atoms with E-state index in [0.29, 0.717) is 11.3 Å². The second-order valence-corrected chi connectivity index (χ2v) is 3.75. The van der Waals surface area contributed by atoms with E-state index < -0.39 is 17.7 Å². The average Bonchev–Trinajstić information content (AvgIpc) is 2.36. The number of carboxylic acids is 1. The zero-order chi connectivity index (χ0) is 13.1. The van der Waals surface area contributed by atoms with Crippen LogP contribution in [0.3, 0.4) is 0 Å². The zero-order valence-electron chi connectivity index (χ0n) is 9.75. The molecule has 0 aromatic heterocycles. The summed E-state index contributed by atoms with van der Waals surface area (Å²) in [5.41, 5.74) is -1.45. The number of aliphatic hydroxyl groups excluding tert-OH is 1. The zero-order valence-corrected chi connectivity index (χ0v) is 9.75. The van der Waals surface area contributed by atoms with Crippen LogP contribution in [-0.4, -0.2) is 34.5 Å². The van der Waals surface area contributed by atoms with Crippen molar-refractivity contribution in [2.75, 3.05) is 7.11 Å². The fraction of sp³-hybridized carbons (Fsp3) is 0.417. The Morgan fingerprint density at radius 1 is 1.41 bits per heavy atom. The maximum atomic E-state index is 10.8. The fourth-order valence-corrected chi connectivity index (χ4v) is 1.64. The van der Waals surface area contributed by atoms with Crippen molar-refractivity contribution in [1.82, 2.24) is 0 Å². The predicted molar refractivity (Wildman–Crippen MR) is 60.8 cm³/mol. The molecule has 1 rings (SSSR count). The average molecular weight is 240 g/mol. The Bertz CT molecular complexity index is 386. The van der Waals surface area contributed by atoms with Crippen molar-refractivity contribution < 1.29 is 24.9 Å². The predicted octanol–water partition coefficient (Wildman–Crippen LogP) is 0.738. The maximum absolute atomic E-state index is 10.8. The third-order valence-electron chi connectivity index (χ3n) is 2.82. The molecule has 94 valence electrons. The number of aliphatic carboxylic acids is 1. The van der Waals surface area contributed by atoms with Crippen LogP contribution in [0.1, 0.15) is 18.9 Å². The summed E-state index contributed by atoms with van der Waals surface area (Å²) in [7, 11) is 1.51. The Morgan fingerprint density at radius 2 is 1.94 bits per heavy atom. The minimum atomic E-state index is -1.86. The lowest BCUT2D eigenvalue weighted by Gasteiger charge is -2.30. The van der Waals surface area contributed by atoms with Gasteiger partial charge in [-0.05, 0) is 24.1 Å². The van der Waals surface area contributed by atoms with Gasteiger partial charge in [0.1, 0.15) is 11.4 Å². The highest BCUT2D eigenvalue weighted by Gasteiger charge is 2.40. The molecule has 0 saturated carbocycles. The summed E-state index contributed by atoms with van der Waals surface area (Å²) in [6, 6.07) is 6.28. The highest BCUT2D eigenvalue weighted by molar-refractivity contribution is 5.74. The second-order valence-electron chi connectivity index (χ2n) is 3.75. The van der Waals surface area contributed by atoms with Gasteiger partial charge in [-0.25, -0.2) is 4.79 Å². The van der Waals surface area contributed by atoms with Gasteiger partial charge in [0, 0.05) is 0 Å². The normalized spacial score (nSPS) is 16.0. The van der Waals surface area contributed by atoms with Gasteiger partial charge in [0.05, 0.1) is 7.11 Å².